The maximum Gasteiger partial charge on any atom is 0.316 e. The van der Waals surface area contributed by atoms with E-state index in [9.17, 15) is 9.59 Å². The van der Waals surface area contributed by atoms with E-state index in [1.807, 2.05) is 6.08 Å². The molecule has 0 unspecified atom stereocenters. The van der Waals surface area contributed by atoms with Gasteiger partial charge >= 0.3 is 17.9 Å². The lowest BCUT2D eigenvalue weighted by atomic mass is 9.59. The number of carbonyl (C=O) groups is 2. The van der Waals surface area contributed by atoms with Crippen molar-refractivity contribution in [3.63, 3.8) is 0 Å². The van der Waals surface area contributed by atoms with Crippen LogP contribution in [0.2, 0.25) is 0 Å². The van der Waals surface area contributed by atoms with E-state index in [0.717, 1.165) is 25.7 Å². The third kappa shape index (κ3) is 3.63. The van der Waals surface area contributed by atoms with Crippen LogP contribution in [-0.2, 0) is 23.8 Å². The Kier molecular flexibility index (Phi) is 5.37. The van der Waals surface area contributed by atoms with Gasteiger partial charge in [0.05, 0.1) is 5.41 Å². The van der Waals surface area contributed by atoms with Gasteiger partial charge in [0.1, 0.15) is 12.7 Å². The summed E-state index contributed by atoms with van der Waals surface area (Å²) in [6.45, 7) is 3.51. The summed E-state index contributed by atoms with van der Waals surface area (Å²) in [5.74, 6) is -0.725. The standard InChI is InChI=1S/C21H25N3O6.ClH/c1-12(25)28-15-13(29-17-16(15)30-19-23-14(22)3-10-24(17)19)11-27-18(26)21-7-4-20(2,5-8-21)6-9-21;/h3-4,7,10,13,15-17,22H,5-6,8-9,11H2,1-2H3;1H/t13-,15-,16+,17-,20?,21?;/m1./s1. The first-order valence-electron chi connectivity index (χ1n) is 10.3. The second kappa shape index (κ2) is 7.63. The maximum absolute atomic E-state index is 12.9. The van der Waals surface area contributed by atoms with Gasteiger partial charge in [0.25, 0.3) is 0 Å². The molecule has 5 aliphatic rings. The van der Waals surface area contributed by atoms with Crippen molar-refractivity contribution < 1.29 is 28.5 Å². The number of nitrogens with zero attached hydrogens (tertiary/aromatic N) is 2. The molecular weight excluding hydrogens is 426 g/mol. The van der Waals surface area contributed by atoms with Crippen LogP contribution in [0.25, 0.3) is 0 Å². The summed E-state index contributed by atoms with van der Waals surface area (Å²) in [5.41, 5.74) is -0.294. The summed E-state index contributed by atoms with van der Waals surface area (Å²) in [5, 5.41) is 7.64. The van der Waals surface area contributed by atoms with Crippen molar-refractivity contribution in [3.05, 3.63) is 29.9 Å². The summed E-state index contributed by atoms with van der Waals surface area (Å²) < 4.78 is 24.7. The highest BCUT2D eigenvalue weighted by Gasteiger charge is 2.55. The van der Waals surface area contributed by atoms with Gasteiger partial charge in [0.2, 0.25) is 0 Å². The monoisotopic (exact) mass is 451 g/mol. The zero-order valence-electron chi connectivity index (χ0n) is 17.4. The number of aromatic nitrogens is 2. The Morgan fingerprint density at radius 3 is 2.68 bits per heavy atom. The van der Waals surface area contributed by atoms with Crippen molar-refractivity contribution >= 4 is 24.3 Å². The van der Waals surface area contributed by atoms with Gasteiger partial charge in [-0.15, -0.1) is 12.4 Å². The van der Waals surface area contributed by atoms with Crippen LogP contribution in [0, 0.1) is 16.2 Å². The molecule has 1 aromatic heterocycles. The third-order valence-corrected chi connectivity index (χ3v) is 6.81. The summed E-state index contributed by atoms with van der Waals surface area (Å²) in [6.07, 6.45) is 6.76. The number of rotatable bonds is 4. The maximum atomic E-state index is 12.9. The molecule has 31 heavy (non-hydrogen) atoms. The number of hydrogen-bond donors (Lipinski definition) is 1. The molecule has 168 valence electrons. The number of esters is 2. The molecule has 2 bridgehead atoms. The van der Waals surface area contributed by atoms with E-state index in [0.29, 0.717) is 0 Å². The van der Waals surface area contributed by atoms with Crippen LogP contribution in [0.5, 0.6) is 6.01 Å². The minimum atomic E-state index is -0.745. The van der Waals surface area contributed by atoms with Gasteiger partial charge in [-0.05, 0) is 37.2 Å². The topological polar surface area (TPSA) is 113 Å². The zero-order chi connectivity index (χ0) is 21.1. The van der Waals surface area contributed by atoms with Crippen LogP contribution < -0.4 is 10.2 Å². The number of nitrogens with one attached hydrogen (secondary N) is 1. The first-order chi connectivity index (χ1) is 14.3. The summed E-state index contributed by atoms with van der Waals surface area (Å²) >= 11 is 0. The number of ether oxygens (including phenoxy) is 4. The summed E-state index contributed by atoms with van der Waals surface area (Å²) in [4.78, 5) is 28.7. The Hall–Kier alpha value is -2.39. The molecular formula is C21H26ClN3O6. The highest BCUT2D eigenvalue weighted by Crippen LogP contribution is 2.52. The van der Waals surface area contributed by atoms with E-state index in [2.05, 4.69) is 18.0 Å². The minimum absolute atomic E-state index is 0. The predicted molar refractivity (Wildman–Crippen MR) is 108 cm³/mol. The first-order valence-corrected chi connectivity index (χ1v) is 10.3. The molecule has 3 heterocycles. The lowest BCUT2D eigenvalue weighted by Gasteiger charge is -2.45. The van der Waals surface area contributed by atoms with Crippen molar-refractivity contribution in [3.8, 4) is 6.01 Å². The minimum Gasteiger partial charge on any atom is -0.462 e. The molecule has 1 saturated carbocycles. The Labute approximate surface area is 185 Å². The first kappa shape index (κ1) is 21.8. The Morgan fingerprint density at radius 2 is 2.03 bits per heavy atom. The highest BCUT2D eigenvalue weighted by atomic mass is 35.5. The normalized spacial score (nSPS) is 36.7. The molecule has 1 saturated heterocycles. The molecule has 3 aliphatic carbocycles. The number of allylic oxidation sites excluding steroid dienone is 1. The van der Waals surface area contributed by atoms with Gasteiger partial charge in [-0.3, -0.25) is 19.6 Å². The smallest absolute Gasteiger partial charge is 0.316 e. The van der Waals surface area contributed by atoms with E-state index in [-0.39, 0.29) is 41.9 Å². The lowest BCUT2D eigenvalue weighted by molar-refractivity contribution is -0.166. The van der Waals surface area contributed by atoms with E-state index in [1.54, 1.807) is 10.8 Å². The molecule has 2 fully saturated rings. The van der Waals surface area contributed by atoms with E-state index < -0.39 is 35.9 Å². The fourth-order valence-corrected chi connectivity index (χ4v) is 4.88. The van der Waals surface area contributed by atoms with Crippen molar-refractivity contribution in [2.24, 2.45) is 10.8 Å². The second-order valence-electron chi connectivity index (χ2n) is 8.97. The van der Waals surface area contributed by atoms with Crippen molar-refractivity contribution in [1.29, 1.82) is 5.41 Å². The summed E-state index contributed by atoms with van der Waals surface area (Å²) in [6, 6.07) is 1.76. The predicted octanol–water partition coefficient (Wildman–Crippen LogP) is 2.05. The molecule has 10 heteroatoms. The van der Waals surface area contributed by atoms with Crippen LogP contribution in [0.1, 0.15) is 45.8 Å². The molecule has 0 spiro atoms. The van der Waals surface area contributed by atoms with Crippen molar-refractivity contribution in [1.82, 2.24) is 9.55 Å². The van der Waals surface area contributed by atoms with Crippen LogP contribution in [0.15, 0.2) is 24.4 Å². The fourth-order valence-electron chi connectivity index (χ4n) is 4.88. The Bertz CT molecular complexity index is 984. The Balaban J connectivity index is 0.00000231. The van der Waals surface area contributed by atoms with Gasteiger partial charge in [-0.1, -0.05) is 19.1 Å². The molecule has 1 aromatic rings. The van der Waals surface area contributed by atoms with Crippen molar-refractivity contribution in [2.45, 2.75) is 64.1 Å². The molecule has 4 atom stereocenters. The highest BCUT2D eigenvalue weighted by molar-refractivity contribution is 5.85. The molecule has 0 radical (unpaired) electrons. The van der Waals surface area contributed by atoms with E-state index in [4.69, 9.17) is 24.4 Å². The quantitative estimate of drug-likeness (QED) is 0.550. The number of hydrogen-bond acceptors (Lipinski definition) is 8. The molecule has 0 aromatic carbocycles. The van der Waals surface area contributed by atoms with Crippen LogP contribution in [0.4, 0.5) is 0 Å². The molecule has 0 amide bonds. The molecule has 1 N–H and O–H groups in total. The lowest BCUT2D eigenvalue weighted by Crippen LogP contribution is -2.44. The van der Waals surface area contributed by atoms with Gasteiger partial charge in [0.15, 0.2) is 23.9 Å². The summed E-state index contributed by atoms with van der Waals surface area (Å²) in [7, 11) is 0. The zero-order valence-corrected chi connectivity index (χ0v) is 18.2. The fraction of sp³-hybridized carbons (Fsp3) is 0.619. The van der Waals surface area contributed by atoms with Crippen LogP contribution in [-0.4, -0.2) is 46.4 Å². The molecule has 6 rings (SSSR count). The Morgan fingerprint density at radius 1 is 1.29 bits per heavy atom. The van der Waals surface area contributed by atoms with Crippen LogP contribution in [0.3, 0.4) is 0 Å². The van der Waals surface area contributed by atoms with E-state index >= 15 is 0 Å². The van der Waals surface area contributed by atoms with E-state index in [1.165, 1.54) is 13.0 Å². The van der Waals surface area contributed by atoms with Gasteiger partial charge < -0.3 is 18.9 Å². The van der Waals surface area contributed by atoms with Gasteiger partial charge in [0, 0.05) is 13.1 Å². The average Bonchev–Trinajstić information content (AvgIpc) is 3.22. The number of fused-ring (bicyclic) bond motifs is 5. The average molecular weight is 452 g/mol. The molecule has 2 aliphatic heterocycles. The number of halogens is 1. The largest absolute Gasteiger partial charge is 0.462 e. The second-order valence-corrected chi connectivity index (χ2v) is 8.97. The van der Waals surface area contributed by atoms with Crippen molar-refractivity contribution in [2.75, 3.05) is 6.61 Å². The number of carbonyl (C=O) groups excluding carboxylic acids is 2. The van der Waals surface area contributed by atoms with Gasteiger partial charge in [-0.2, -0.15) is 4.98 Å². The third-order valence-electron chi connectivity index (χ3n) is 6.81. The van der Waals surface area contributed by atoms with Crippen LogP contribution >= 0.6 is 12.4 Å². The molecule has 9 nitrogen and oxygen atoms in total. The van der Waals surface area contributed by atoms with Gasteiger partial charge in [-0.25, -0.2) is 0 Å². The SMILES string of the molecule is CC(=O)O[C@H]1[C@@H]2Oc3nc(=N)ccn3[C@@H]2O[C@@H]1COC(=O)C12C=CC(C)(CC1)CC2.Cl.